The molecule has 176 valence electrons. The van der Waals surface area contributed by atoms with E-state index in [4.69, 9.17) is 5.26 Å². The molecule has 32 heavy (non-hydrogen) atoms. The van der Waals surface area contributed by atoms with E-state index in [9.17, 15) is 4.79 Å². The Morgan fingerprint density at radius 3 is 2.25 bits per heavy atom. The Morgan fingerprint density at radius 1 is 1.06 bits per heavy atom. The zero-order chi connectivity index (χ0) is 23.6. The van der Waals surface area contributed by atoms with Crippen molar-refractivity contribution in [2.24, 2.45) is 5.92 Å². The van der Waals surface area contributed by atoms with Gasteiger partial charge >= 0.3 is 0 Å². The standard InChI is InChI=1S/C15H19N3.C7H14.C3H3NO.C2H6/c1-2-17-9-11-18(12-10-17)15-7-3-6-14-13(15)5-4-8-16-14;1-7-5-3-2-4-6-7;4-2-1-3-5;1-2/h3-8H,2,9-12H2,1H3;7H,2-6H2,1H3;3H,1H2;1-2H3. The van der Waals surface area contributed by atoms with E-state index in [1.807, 2.05) is 26.1 Å². The fraction of sp³-hybridized carbons (Fsp3) is 0.593. The first-order valence-corrected chi connectivity index (χ1v) is 12.3. The molecule has 0 atom stereocenters. The van der Waals surface area contributed by atoms with Crippen molar-refractivity contribution in [1.29, 1.82) is 5.26 Å². The number of likely N-dealkylation sites (N-methyl/N-ethyl adjacent to an activating group) is 1. The number of aromatic nitrogens is 1. The van der Waals surface area contributed by atoms with Crippen molar-refractivity contribution < 1.29 is 4.79 Å². The van der Waals surface area contributed by atoms with Gasteiger partial charge in [-0.15, -0.1) is 0 Å². The minimum atomic E-state index is 0.0139. The highest BCUT2D eigenvalue weighted by molar-refractivity contribution is 5.91. The van der Waals surface area contributed by atoms with Crippen LogP contribution in [0.1, 0.15) is 66.2 Å². The number of nitriles is 1. The van der Waals surface area contributed by atoms with E-state index >= 15 is 0 Å². The van der Waals surface area contributed by atoms with Gasteiger partial charge in [0.2, 0.25) is 0 Å². The molecule has 2 aliphatic rings. The summed E-state index contributed by atoms with van der Waals surface area (Å²) in [5.41, 5.74) is 2.42. The number of aldehydes is 1. The van der Waals surface area contributed by atoms with Crippen molar-refractivity contribution in [1.82, 2.24) is 9.88 Å². The Hall–Kier alpha value is -2.45. The first kappa shape index (κ1) is 27.6. The fourth-order valence-electron chi connectivity index (χ4n) is 4.01. The number of carbonyl (C=O) groups is 1. The largest absolute Gasteiger partial charge is 0.368 e. The van der Waals surface area contributed by atoms with Crippen molar-refractivity contribution >= 4 is 22.9 Å². The molecule has 0 N–H and O–H groups in total. The van der Waals surface area contributed by atoms with Gasteiger partial charge in [0.05, 0.1) is 18.0 Å². The van der Waals surface area contributed by atoms with E-state index < -0.39 is 0 Å². The zero-order valence-electron chi connectivity index (χ0n) is 20.6. The van der Waals surface area contributed by atoms with Crippen LogP contribution in [0.15, 0.2) is 36.5 Å². The van der Waals surface area contributed by atoms with Crippen LogP contribution in [0.3, 0.4) is 0 Å². The second-order valence-electron chi connectivity index (χ2n) is 8.04. The van der Waals surface area contributed by atoms with Gasteiger partial charge in [0.1, 0.15) is 6.29 Å². The molecule has 1 aromatic carbocycles. The molecule has 0 unspecified atom stereocenters. The summed E-state index contributed by atoms with van der Waals surface area (Å²) in [6, 6.07) is 12.2. The van der Waals surface area contributed by atoms with Crippen molar-refractivity contribution in [3.8, 4) is 6.07 Å². The van der Waals surface area contributed by atoms with Gasteiger partial charge < -0.3 is 14.6 Å². The SMILES string of the molecule is CC.CC1CCCCC1.CCN1CCN(c2cccc3ncccc23)CC1.N#CCC=O. The van der Waals surface area contributed by atoms with Crippen molar-refractivity contribution in [3.05, 3.63) is 36.5 Å². The number of anilines is 1. The number of hydrogen-bond acceptors (Lipinski definition) is 5. The second-order valence-corrected chi connectivity index (χ2v) is 8.04. The third kappa shape index (κ3) is 9.78. The van der Waals surface area contributed by atoms with Crippen LogP contribution >= 0.6 is 0 Å². The molecular weight excluding hydrogens is 396 g/mol. The Labute approximate surface area is 195 Å². The van der Waals surface area contributed by atoms with Gasteiger partial charge in [-0.2, -0.15) is 5.26 Å². The molecule has 1 aromatic heterocycles. The summed E-state index contributed by atoms with van der Waals surface area (Å²) in [6.07, 6.45) is 9.88. The summed E-state index contributed by atoms with van der Waals surface area (Å²) in [5.74, 6) is 1.04. The van der Waals surface area contributed by atoms with Gasteiger partial charge in [-0.05, 0) is 36.7 Å². The van der Waals surface area contributed by atoms with E-state index in [2.05, 4.69) is 52.9 Å². The maximum Gasteiger partial charge on any atom is 0.134 e. The molecule has 0 spiro atoms. The lowest BCUT2D eigenvalue weighted by molar-refractivity contribution is -0.107. The molecule has 1 aliphatic carbocycles. The molecule has 5 heteroatoms. The molecule has 0 radical (unpaired) electrons. The number of nitrogens with zero attached hydrogens (tertiary/aromatic N) is 4. The Balaban J connectivity index is 0.000000302. The van der Waals surface area contributed by atoms with Crippen LogP contribution < -0.4 is 4.90 Å². The number of benzene rings is 1. The van der Waals surface area contributed by atoms with Gasteiger partial charge in [-0.25, -0.2) is 0 Å². The fourth-order valence-corrected chi connectivity index (χ4v) is 4.01. The molecule has 1 saturated heterocycles. The quantitative estimate of drug-likeness (QED) is 0.543. The van der Waals surface area contributed by atoms with Crippen molar-refractivity contribution in [3.63, 3.8) is 0 Å². The van der Waals surface area contributed by atoms with Crippen molar-refractivity contribution in [2.75, 3.05) is 37.6 Å². The van der Waals surface area contributed by atoms with Crippen LogP contribution in [-0.4, -0.2) is 48.9 Å². The summed E-state index contributed by atoms with van der Waals surface area (Å²) < 4.78 is 0. The maximum atomic E-state index is 9.18. The van der Waals surface area contributed by atoms with Gasteiger partial charge in [-0.3, -0.25) is 4.98 Å². The predicted molar refractivity (Wildman–Crippen MR) is 136 cm³/mol. The molecule has 2 heterocycles. The lowest BCUT2D eigenvalue weighted by Gasteiger charge is -2.36. The third-order valence-corrected chi connectivity index (χ3v) is 5.85. The van der Waals surface area contributed by atoms with Gasteiger partial charge in [0.15, 0.2) is 0 Å². The van der Waals surface area contributed by atoms with Crippen molar-refractivity contribution in [2.45, 2.75) is 66.2 Å². The Morgan fingerprint density at radius 2 is 1.75 bits per heavy atom. The smallest absolute Gasteiger partial charge is 0.134 e. The third-order valence-electron chi connectivity index (χ3n) is 5.85. The molecule has 5 nitrogen and oxygen atoms in total. The summed E-state index contributed by atoms with van der Waals surface area (Å²) in [4.78, 5) is 18.6. The molecule has 4 rings (SSSR count). The van der Waals surface area contributed by atoms with Crippen LogP contribution in [0.25, 0.3) is 10.9 Å². The Kier molecular flexibility index (Phi) is 14.8. The van der Waals surface area contributed by atoms with E-state index in [0.717, 1.165) is 44.2 Å². The molecule has 0 bridgehead atoms. The van der Waals surface area contributed by atoms with E-state index in [1.165, 1.54) is 43.2 Å². The molecule has 1 aliphatic heterocycles. The van der Waals surface area contributed by atoms with Crippen LogP contribution in [0.4, 0.5) is 5.69 Å². The van der Waals surface area contributed by atoms with Gasteiger partial charge in [-0.1, -0.05) is 65.9 Å². The molecule has 2 fully saturated rings. The molecule has 2 aromatic rings. The number of fused-ring (bicyclic) bond motifs is 1. The first-order chi connectivity index (χ1) is 15.7. The van der Waals surface area contributed by atoms with E-state index in [-0.39, 0.29) is 6.42 Å². The average molecular weight is 439 g/mol. The highest BCUT2D eigenvalue weighted by atomic mass is 16.1. The summed E-state index contributed by atoms with van der Waals surface area (Å²) in [7, 11) is 0. The van der Waals surface area contributed by atoms with E-state index in [0.29, 0.717) is 6.29 Å². The highest BCUT2D eigenvalue weighted by Crippen LogP contribution is 2.26. The number of pyridine rings is 1. The van der Waals surface area contributed by atoms with Crippen LogP contribution in [-0.2, 0) is 4.79 Å². The monoisotopic (exact) mass is 438 g/mol. The van der Waals surface area contributed by atoms with Crippen LogP contribution in [0.5, 0.6) is 0 Å². The first-order valence-electron chi connectivity index (χ1n) is 12.3. The highest BCUT2D eigenvalue weighted by Gasteiger charge is 2.17. The lowest BCUT2D eigenvalue weighted by Crippen LogP contribution is -2.46. The normalized spacial score (nSPS) is 16.3. The van der Waals surface area contributed by atoms with Gasteiger partial charge in [0.25, 0.3) is 0 Å². The average Bonchev–Trinajstić information content (AvgIpc) is 2.87. The molecule has 1 saturated carbocycles. The summed E-state index contributed by atoms with van der Waals surface area (Å²) >= 11 is 0. The minimum absolute atomic E-state index is 0.0139. The Bertz CT molecular complexity index is 782. The zero-order valence-corrected chi connectivity index (χ0v) is 20.6. The van der Waals surface area contributed by atoms with Crippen LogP contribution in [0, 0.1) is 17.2 Å². The summed E-state index contributed by atoms with van der Waals surface area (Å²) in [6.45, 7) is 14.3. The number of piperazine rings is 1. The van der Waals surface area contributed by atoms with Gasteiger partial charge in [0, 0.05) is 43.4 Å². The number of rotatable bonds is 3. The molecule has 0 amide bonds. The summed E-state index contributed by atoms with van der Waals surface area (Å²) in [5, 5.41) is 8.85. The topological polar surface area (TPSA) is 60.2 Å². The lowest BCUT2D eigenvalue weighted by atomic mass is 9.91. The second kappa shape index (κ2) is 17.1. The number of hydrogen-bond donors (Lipinski definition) is 0. The number of carbonyl (C=O) groups excluding carboxylic acids is 1. The predicted octanol–water partition coefficient (Wildman–Crippen LogP) is 6.09. The van der Waals surface area contributed by atoms with E-state index in [1.54, 1.807) is 6.07 Å². The maximum absolute atomic E-state index is 9.18. The molecular formula is C27H42N4O. The van der Waals surface area contributed by atoms with Crippen LogP contribution in [0.2, 0.25) is 0 Å². The minimum Gasteiger partial charge on any atom is -0.368 e.